The zero-order chi connectivity index (χ0) is 13.1. The minimum atomic E-state index is -3.59. The van der Waals surface area contributed by atoms with E-state index in [1.165, 1.54) is 11.3 Å². The Morgan fingerprint density at radius 1 is 1.41 bits per heavy atom. The molecule has 1 aromatic heterocycles. The standard InChI is InChI=1S/C12H19NO2S2/c1-4-6-8-11-10(7-5-2)9(3)12(16-11)17(13,14)15/h4H,1,5-8H2,2-3H3,(H2,13,14,15). The highest BCUT2D eigenvalue weighted by Gasteiger charge is 2.20. The van der Waals surface area contributed by atoms with Crippen LogP contribution in [-0.2, 0) is 22.9 Å². The van der Waals surface area contributed by atoms with Crippen molar-refractivity contribution in [1.29, 1.82) is 0 Å². The van der Waals surface area contributed by atoms with Gasteiger partial charge in [0.15, 0.2) is 0 Å². The average molecular weight is 273 g/mol. The average Bonchev–Trinajstić information content (AvgIpc) is 2.54. The second kappa shape index (κ2) is 5.80. The van der Waals surface area contributed by atoms with Crippen molar-refractivity contribution in [3.63, 3.8) is 0 Å². The van der Waals surface area contributed by atoms with E-state index < -0.39 is 10.0 Å². The van der Waals surface area contributed by atoms with Crippen LogP contribution in [0.25, 0.3) is 0 Å². The summed E-state index contributed by atoms with van der Waals surface area (Å²) in [5, 5.41) is 5.23. The van der Waals surface area contributed by atoms with Crippen LogP contribution in [0.1, 0.15) is 35.8 Å². The molecule has 0 saturated carbocycles. The number of primary sulfonamides is 1. The third-order valence-electron chi connectivity index (χ3n) is 2.65. The predicted molar refractivity (Wildman–Crippen MR) is 72.9 cm³/mol. The van der Waals surface area contributed by atoms with Gasteiger partial charge in [-0.25, -0.2) is 13.6 Å². The van der Waals surface area contributed by atoms with Gasteiger partial charge in [0.05, 0.1) is 0 Å². The molecule has 0 radical (unpaired) electrons. The summed E-state index contributed by atoms with van der Waals surface area (Å²) in [6.45, 7) is 7.63. The van der Waals surface area contributed by atoms with E-state index in [9.17, 15) is 8.42 Å². The quantitative estimate of drug-likeness (QED) is 0.810. The summed E-state index contributed by atoms with van der Waals surface area (Å²) >= 11 is 1.31. The van der Waals surface area contributed by atoms with Gasteiger partial charge in [-0.1, -0.05) is 19.4 Å². The van der Waals surface area contributed by atoms with E-state index >= 15 is 0 Å². The summed E-state index contributed by atoms with van der Waals surface area (Å²) in [6, 6.07) is 0. The number of thiophene rings is 1. The molecule has 0 aliphatic heterocycles. The van der Waals surface area contributed by atoms with Gasteiger partial charge < -0.3 is 0 Å². The highest BCUT2D eigenvalue weighted by molar-refractivity contribution is 7.91. The van der Waals surface area contributed by atoms with Crippen LogP contribution in [0.5, 0.6) is 0 Å². The number of allylic oxidation sites excluding steroid dienone is 1. The lowest BCUT2D eigenvalue weighted by molar-refractivity contribution is 0.599. The summed E-state index contributed by atoms with van der Waals surface area (Å²) in [5.74, 6) is 0. The Morgan fingerprint density at radius 2 is 2.06 bits per heavy atom. The molecule has 0 aromatic carbocycles. The normalized spacial score (nSPS) is 11.7. The lowest BCUT2D eigenvalue weighted by atomic mass is 10.0. The molecule has 0 fully saturated rings. The fourth-order valence-corrected chi connectivity index (χ4v) is 4.28. The lowest BCUT2D eigenvalue weighted by Crippen LogP contribution is -2.11. The van der Waals surface area contributed by atoms with Crippen LogP contribution >= 0.6 is 11.3 Å². The molecule has 17 heavy (non-hydrogen) atoms. The summed E-state index contributed by atoms with van der Waals surface area (Å²) in [4.78, 5) is 1.13. The zero-order valence-electron chi connectivity index (χ0n) is 10.3. The third kappa shape index (κ3) is 3.40. The fourth-order valence-electron chi connectivity index (χ4n) is 1.87. The first-order valence-electron chi connectivity index (χ1n) is 5.66. The molecule has 0 atom stereocenters. The molecular formula is C12H19NO2S2. The molecule has 0 saturated heterocycles. The molecule has 0 spiro atoms. The maximum absolute atomic E-state index is 11.5. The topological polar surface area (TPSA) is 60.2 Å². The van der Waals surface area contributed by atoms with Crippen LogP contribution in [0.3, 0.4) is 0 Å². The minimum absolute atomic E-state index is 0.319. The largest absolute Gasteiger partial charge is 0.247 e. The zero-order valence-corrected chi connectivity index (χ0v) is 12.0. The van der Waals surface area contributed by atoms with E-state index in [2.05, 4.69) is 13.5 Å². The van der Waals surface area contributed by atoms with Crippen LogP contribution < -0.4 is 5.14 Å². The second-order valence-electron chi connectivity index (χ2n) is 4.04. The highest BCUT2D eigenvalue weighted by Crippen LogP contribution is 2.32. The van der Waals surface area contributed by atoms with Gasteiger partial charge in [0, 0.05) is 4.88 Å². The predicted octanol–water partition coefficient (Wildman–Crippen LogP) is 2.78. The number of hydrogen-bond donors (Lipinski definition) is 1. The third-order valence-corrected chi connectivity index (χ3v) is 5.60. The van der Waals surface area contributed by atoms with Gasteiger partial charge in [-0.3, -0.25) is 0 Å². The van der Waals surface area contributed by atoms with Crippen LogP contribution in [0.15, 0.2) is 16.9 Å². The maximum Gasteiger partial charge on any atom is 0.247 e. The van der Waals surface area contributed by atoms with Crippen LogP contribution in [-0.4, -0.2) is 8.42 Å². The van der Waals surface area contributed by atoms with Gasteiger partial charge in [-0.15, -0.1) is 17.9 Å². The molecule has 96 valence electrons. The van der Waals surface area contributed by atoms with Crippen LogP contribution in [0.2, 0.25) is 0 Å². The fraction of sp³-hybridized carbons (Fsp3) is 0.500. The first-order chi connectivity index (χ1) is 7.91. The van der Waals surface area contributed by atoms with Crippen molar-refractivity contribution in [1.82, 2.24) is 0 Å². The van der Waals surface area contributed by atoms with Gasteiger partial charge in [-0.2, -0.15) is 0 Å². The maximum atomic E-state index is 11.5. The van der Waals surface area contributed by atoms with Crippen molar-refractivity contribution in [2.45, 2.75) is 43.7 Å². The Labute approximate surface area is 107 Å². The van der Waals surface area contributed by atoms with Gasteiger partial charge in [0.1, 0.15) is 4.21 Å². The SMILES string of the molecule is C=CCCc1sc(S(N)(=O)=O)c(C)c1CCC. The van der Waals surface area contributed by atoms with Gasteiger partial charge in [0.2, 0.25) is 10.0 Å². The van der Waals surface area contributed by atoms with Gasteiger partial charge >= 0.3 is 0 Å². The Hall–Kier alpha value is -0.650. The smallest absolute Gasteiger partial charge is 0.224 e. The Bertz CT molecular complexity index is 501. The lowest BCUT2D eigenvalue weighted by Gasteiger charge is -2.02. The minimum Gasteiger partial charge on any atom is -0.224 e. The van der Waals surface area contributed by atoms with Crippen molar-refractivity contribution in [2.75, 3.05) is 0 Å². The summed E-state index contributed by atoms with van der Waals surface area (Å²) in [7, 11) is -3.59. The van der Waals surface area contributed by atoms with E-state index in [0.717, 1.165) is 41.7 Å². The molecule has 5 heteroatoms. The summed E-state index contributed by atoms with van der Waals surface area (Å²) in [6.07, 6.45) is 5.47. The Balaban J connectivity index is 3.24. The van der Waals surface area contributed by atoms with E-state index in [-0.39, 0.29) is 0 Å². The van der Waals surface area contributed by atoms with E-state index in [1.807, 2.05) is 13.0 Å². The van der Waals surface area contributed by atoms with Gasteiger partial charge in [0.25, 0.3) is 0 Å². The highest BCUT2D eigenvalue weighted by atomic mass is 32.2. The van der Waals surface area contributed by atoms with Crippen molar-refractivity contribution < 1.29 is 8.42 Å². The summed E-state index contributed by atoms with van der Waals surface area (Å²) < 4.78 is 23.3. The number of hydrogen-bond acceptors (Lipinski definition) is 3. The molecule has 0 unspecified atom stereocenters. The first-order valence-corrected chi connectivity index (χ1v) is 8.02. The second-order valence-corrected chi connectivity index (χ2v) is 6.90. The molecule has 0 aliphatic rings. The van der Waals surface area contributed by atoms with E-state index in [0.29, 0.717) is 4.21 Å². The molecule has 1 rings (SSSR count). The molecule has 3 nitrogen and oxygen atoms in total. The summed E-state index contributed by atoms with van der Waals surface area (Å²) in [5.41, 5.74) is 1.99. The van der Waals surface area contributed by atoms with Crippen molar-refractivity contribution >= 4 is 21.4 Å². The number of nitrogens with two attached hydrogens (primary N) is 1. The number of rotatable bonds is 6. The van der Waals surface area contributed by atoms with Crippen molar-refractivity contribution in [3.05, 3.63) is 28.7 Å². The molecule has 0 bridgehead atoms. The van der Waals surface area contributed by atoms with Crippen LogP contribution in [0, 0.1) is 6.92 Å². The van der Waals surface area contributed by atoms with Gasteiger partial charge in [-0.05, 0) is 37.3 Å². The molecule has 2 N–H and O–H groups in total. The molecular weight excluding hydrogens is 254 g/mol. The Morgan fingerprint density at radius 3 is 2.53 bits per heavy atom. The monoisotopic (exact) mass is 273 g/mol. The molecule has 1 heterocycles. The Kier molecular flexibility index (Phi) is 4.91. The first kappa shape index (κ1) is 14.4. The van der Waals surface area contributed by atoms with E-state index in [1.54, 1.807) is 0 Å². The number of sulfonamides is 1. The molecule has 1 aromatic rings. The molecule has 0 amide bonds. The van der Waals surface area contributed by atoms with Crippen LogP contribution in [0.4, 0.5) is 0 Å². The van der Waals surface area contributed by atoms with Crippen molar-refractivity contribution in [2.24, 2.45) is 5.14 Å². The molecule has 0 aliphatic carbocycles. The number of aryl methyl sites for hydroxylation is 1. The van der Waals surface area contributed by atoms with E-state index in [4.69, 9.17) is 5.14 Å². The van der Waals surface area contributed by atoms with Crippen molar-refractivity contribution in [3.8, 4) is 0 Å².